The Labute approximate surface area is 154 Å². The van der Waals surface area contributed by atoms with Gasteiger partial charge in [0.05, 0.1) is 29.3 Å². The minimum absolute atomic E-state index is 0.229. The molecule has 7 heteroatoms. The summed E-state index contributed by atoms with van der Waals surface area (Å²) < 4.78 is 36.1. The van der Waals surface area contributed by atoms with Gasteiger partial charge in [-0.2, -0.15) is 9.40 Å². The molecule has 0 atom stereocenters. The molecular formula is C19H25N3O3S. The maximum absolute atomic E-state index is 13.3. The summed E-state index contributed by atoms with van der Waals surface area (Å²) in [6.07, 6.45) is 7.06. The van der Waals surface area contributed by atoms with Crippen LogP contribution in [0, 0.1) is 0 Å². The first-order chi connectivity index (χ1) is 12.3. The van der Waals surface area contributed by atoms with Crippen molar-refractivity contribution in [2.24, 2.45) is 0 Å². The van der Waals surface area contributed by atoms with E-state index in [4.69, 9.17) is 4.74 Å². The van der Waals surface area contributed by atoms with Gasteiger partial charge in [0.25, 0.3) is 0 Å². The highest BCUT2D eigenvalue weighted by Gasteiger charge is 2.49. The normalized spacial score (nSPS) is 22.7. The molecule has 1 spiro atoms. The average molecular weight is 375 g/mol. The molecule has 6 nitrogen and oxygen atoms in total. The molecule has 0 radical (unpaired) electrons. The lowest BCUT2D eigenvalue weighted by Crippen LogP contribution is -2.59. The number of morpholine rings is 1. The van der Waals surface area contributed by atoms with Crippen molar-refractivity contribution in [1.29, 1.82) is 0 Å². The molecule has 2 aromatic rings. The Bertz CT molecular complexity index is 884. The number of aromatic nitrogens is 2. The fraction of sp³-hybridized carbons (Fsp3) is 0.526. The summed E-state index contributed by atoms with van der Waals surface area (Å²) in [5.41, 5.74) is -0.00137. The van der Waals surface area contributed by atoms with Gasteiger partial charge < -0.3 is 4.74 Å². The van der Waals surface area contributed by atoms with Gasteiger partial charge in [0.15, 0.2) is 0 Å². The van der Waals surface area contributed by atoms with E-state index in [-0.39, 0.29) is 10.5 Å². The van der Waals surface area contributed by atoms with Gasteiger partial charge in [-0.25, -0.2) is 13.1 Å². The summed E-state index contributed by atoms with van der Waals surface area (Å²) in [6, 6.07) is 9.52. The number of hydrogen-bond donors (Lipinski definition) is 0. The van der Waals surface area contributed by atoms with Crippen LogP contribution < -0.4 is 0 Å². The third kappa shape index (κ3) is 3.19. The van der Waals surface area contributed by atoms with Crippen molar-refractivity contribution in [3.63, 3.8) is 0 Å². The van der Waals surface area contributed by atoms with Crippen LogP contribution >= 0.6 is 0 Å². The second-order valence-electron chi connectivity index (χ2n) is 7.98. The van der Waals surface area contributed by atoms with E-state index in [0.717, 1.165) is 31.4 Å². The van der Waals surface area contributed by atoms with Gasteiger partial charge in [0, 0.05) is 13.1 Å². The number of para-hydroxylation sites is 1. The van der Waals surface area contributed by atoms with Crippen LogP contribution in [-0.2, 0) is 14.8 Å². The molecule has 1 aliphatic carbocycles. The topological polar surface area (TPSA) is 64.4 Å². The highest BCUT2D eigenvalue weighted by Crippen LogP contribution is 2.42. The number of benzene rings is 1. The SMILES string of the molecule is CC1(C)CN(S(=O)(=O)c2cnn(-c3ccccc3)c2)CC2(CCCC2)O1. The van der Waals surface area contributed by atoms with Crippen LogP contribution in [0.1, 0.15) is 39.5 Å². The molecule has 0 amide bonds. The molecule has 1 saturated heterocycles. The lowest BCUT2D eigenvalue weighted by molar-refractivity contribution is -0.178. The van der Waals surface area contributed by atoms with Crippen molar-refractivity contribution in [3.8, 4) is 5.69 Å². The maximum atomic E-state index is 13.3. The largest absolute Gasteiger partial charge is 0.366 e. The quantitative estimate of drug-likeness (QED) is 0.827. The van der Waals surface area contributed by atoms with E-state index in [1.54, 1.807) is 15.2 Å². The van der Waals surface area contributed by atoms with E-state index in [1.807, 2.05) is 44.2 Å². The highest BCUT2D eigenvalue weighted by atomic mass is 32.2. The predicted molar refractivity (Wildman–Crippen MR) is 98.7 cm³/mol. The molecule has 0 bridgehead atoms. The standard InChI is InChI=1S/C19H25N3O3S/c1-18(2)14-21(15-19(25-18)10-6-7-11-19)26(23,24)17-12-20-22(13-17)16-8-4-3-5-9-16/h3-5,8-9,12-13H,6-7,10-11,14-15H2,1-2H3. The number of hydrogen-bond acceptors (Lipinski definition) is 4. The number of ether oxygens (including phenoxy) is 1. The van der Waals surface area contributed by atoms with Crippen LogP contribution in [0.4, 0.5) is 0 Å². The molecule has 2 heterocycles. The summed E-state index contributed by atoms with van der Waals surface area (Å²) in [7, 11) is -3.61. The molecule has 26 heavy (non-hydrogen) atoms. The molecule has 0 N–H and O–H groups in total. The van der Waals surface area contributed by atoms with Crippen LogP contribution in [-0.4, -0.2) is 46.8 Å². The second kappa shape index (κ2) is 6.18. The molecule has 1 saturated carbocycles. The van der Waals surface area contributed by atoms with E-state index in [2.05, 4.69) is 5.10 Å². The molecular weight excluding hydrogens is 350 g/mol. The third-order valence-electron chi connectivity index (χ3n) is 5.25. The Morgan fingerprint density at radius 3 is 2.46 bits per heavy atom. The minimum atomic E-state index is -3.61. The van der Waals surface area contributed by atoms with Gasteiger partial charge in [-0.1, -0.05) is 31.0 Å². The lowest BCUT2D eigenvalue weighted by atomic mass is 9.96. The zero-order valence-corrected chi connectivity index (χ0v) is 16.1. The van der Waals surface area contributed by atoms with Crippen LogP contribution in [0.25, 0.3) is 5.69 Å². The first kappa shape index (κ1) is 17.7. The molecule has 1 aromatic heterocycles. The fourth-order valence-electron chi connectivity index (χ4n) is 4.21. The fourth-order valence-corrected chi connectivity index (χ4v) is 5.81. The van der Waals surface area contributed by atoms with Gasteiger partial charge >= 0.3 is 0 Å². The van der Waals surface area contributed by atoms with Gasteiger partial charge in [-0.15, -0.1) is 0 Å². The van der Waals surface area contributed by atoms with Crippen LogP contribution in [0.15, 0.2) is 47.6 Å². The van der Waals surface area contributed by atoms with E-state index < -0.39 is 15.6 Å². The zero-order chi connectivity index (χ0) is 18.4. The highest BCUT2D eigenvalue weighted by molar-refractivity contribution is 7.89. The Morgan fingerprint density at radius 2 is 1.77 bits per heavy atom. The number of rotatable bonds is 3. The van der Waals surface area contributed by atoms with E-state index in [0.29, 0.717) is 13.1 Å². The van der Waals surface area contributed by atoms with E-state index in [1.165, 1.54) is 6.20 Å². The van der Waals surface area contributed by atoms with Crippen molar-refractivity contribution in [2.75, 3.05) is 13.1 Å². The second-order valence-corrected chi connectivity index (χ2v) is 9.92. The molecule has 140 valence electrons. The lowest BCUT2D eigenvalue weighted by Gasteiger charge is -2.48. The van der Waals surface area contributed by atoms with Crippen molar-refractivity contribution in [1.82, 2.24) is 14.1 Å². The molecule has 4 rings (SSSR count). The monoisotopic (exact) mass is 375 g/mol. The summed E-state index contributed by atoms with van der Waals surface area (Å²) >= 11 is 0. The maximum Gasteiger partial charge on any atom is 0.246 e. The van der Waals surface area contributed by atoms with Gasteiger partial charge in [0.2, 0.25) is 10.0 Å². The first-order valence-corrected chi connectivity index (χ1v) is 10.5. The van der Waals surface area contributed by atoms with Gasteiger partial charge in [0.1, 0.15) is 4.90 Å². The van der Waals surface area contributed by atoms with Crippen LogP contribution in [0.2, 0.25) is 0 Å². The smallest absolute Gasteiger partial charge is 0.246 e. The first-order valence-electron chi connectivity index (χ1n) is 9.10. The summed E-state index contributed by atoms with van der Waals surface area (Å²) in [5.74, 6) is 0. The Balaban J connectivity index is 1.65. The zero-order valence-electron chi connectivity index (χ0n) is 15.3. The minimum Gasteiger partial charge on any atom is -0.366 e. The molecule has 0 unspecified atom stereocenters. The third-order valence-corrected chi connectivity index (χ3v) is 6.99. The van der Waals surface area contributed by atoms with E-state index >= 15 is 0 Å². The van der Waals surface area contributed by atoms with Crippen LogP contribution in [0.5, 0.6) is 0 Å². The molecule has 1 aliphatic heterocycles. The predicted octanol–water partition coefficient (Wildman–Crippen LogP) is 2.98. The van der Waals surface area contributed by atoms with Crippen molar-refractivity contribution < 1.29 is 13.2 Å². The van der Waals surface area contributed by atoms with Crippen molar-refractivity contribution >= 4 is 10.0 Å². The molecule has 1 aromatic carbocycles. The number of sulfonamides is 1. The van der Waals surface area contributed by atoms with Gasteiger partial charge in [-0.05, 0) is 38.8 Å². The van der Waals surface area contributed by atoms with E-state index in [9.17, 15) is 8.42 Å². The average Bonchev–Trinajstić information content (AvgIpc) is 3.24. The van der Waals surface area contributed by atoms with Crippen LogP contribution in [0.3, 0.4) is 0 Å². The Morgan fingerprint density at radius 1 is 1.08 bits per heavy atom. The molecule has 2 fully saturated rings. The summed E-state index contributed by atoms with van der Waals surface area (Å²) in [4.78, 5) is 0.229. The Hall–Kier alpha value is -1.70. The molecule has 2 aliphatic rings. The Kier molecular flexibility index (Phi) is 4.21. The number of nitrogens with zero attached hydrogens (tertiary/aromatic N) is 3. The van der Waals surface area contributed by atoms with Crippen molar-refractivity contribution in [3.05, 3.63) is 42.7 Å². The summed E-state index contributed by atoms with van der Waals surface area (Å²) in [6.45, 7) is 4.73. The van der Waals surface area contributed by atoms with Crippen molar-refractivity contribution in [2.45, 2.75) is 55.6 Å². The van der Waals surface area contributed by atoms with Gasteiger partial charge in [-0.3, -0.25) is 0 Å². The summed E-state index contributed by atoms with van der Waals surface area (Å²) in [5, 5.41) is 4.25.